The third-order valence-corrected chi connectivity index (χ3v) is 3.92. The van der Waals surface area contributed by atoms with Gasteiger partial charge in [-0.2, -0.15) is 0 Å². The maximum absolute atomic E-state index is 12.5. The van der Waals surface area contributed by atoms with Crippen molar-refractivity contribution >= 4 is 11.6 Å². The summed E-state index contributed by atoms with van der Waals surface area (Å²) in [6.07, 6.45) is 7.33. The smallest absolute Gasteiger partial charge is 0.272 e. The first-order chi connectivity index (χ1) is 9.76. The molecule has 1 aromatic rings. The van der Waals surface area contributed by atoms with Gasteiger partial charge < -0.3 is 10.2 Å². The van der Waals surface area contributed by atoms with E-state index < -0.39 is 0 Å². The summed E-state index contributed by atoms with van der Waals surface area (Å²) < 4.78 is 0. The first-order valence-electron chi connectivity index (χ1n) is 7.77. The molecule has 1 aliphatic rings. The molecule has 0 bridgehead atoms. The SMILES string of the molecule is CCCNc1ccc(C(=O)N2CCCCC2CC)nc1. The van der Waals surface area contributed by atoms with E-state index in [-0.39, 0.29) is 5.91 Å². The van der Waals surface area contributed by atoms with Gasteiger partial charge in [0.2, 0.25) is 0 Å². The lowest BCUT2D eigenvalue weighted by molar-refractivity contribution is 0.0602. The zero-order chi connectivity index (χ0) is 14.4. The Labute approximate surface area is 121 Å². The molecule has 0 aliphatic carbocycles. The van der Waals surface area contributed by atoms with Crippen molar-refractivity contribution in [2.45, 2.75) is 52.0 Å². The Hall–Kier alpha value is -1.58. The van der Waals surface area contributed by atoms with Gasteiger partial charge in [0.1, 0.15) is 5.69 Å². The van der Waals surface area contributed by atoms with Gasteiger partial charge in [0.05, 0.1) is 11.9 Å². The lowest BCUT2D eigenvalue weighted by Gasteiger charge is -2.35. The molecule has 1 fully saturated rings. The van der Waals surface area contributed by atoms with Gasteiger partial charge in [-0.3, -0.25) is 4.79 Å². The molecule has 1 atom stereocenters. The second-order valence-corrected chi connectivity index (χ2v) is 5.42. The summed E-state index contributed by atoms with van der Waals surface area (Å²) in [4.78, 5) is 18.9. The number of rotatable bonds is 5. The molecule has 1 amide bonds. The first kappa shape index (κ1) is 14.8. The van der Waals surface area contributed by atoms with E-state index in [1.54, 1.807) is 6.20 Å². The highest BCUT2D eigenvalue weighted by Gasteiger charge is 2.26. The molecule has 0 radical (unpaired) electrons. The van der Waals surface area contributed by atoms with Gasteiger partial charge in [-0.1, -0.05) is 13.8 Å². The van der Waals surface area contributed by atoms with Gasteiger partial charge in [0.25, 0.3) is 5.91 Å². The largest absolute Gasteiger partial charge is 0.384 e. The Morgan fingerprint density at radius 3 is 2.90 bits per heavy atom. The van der Waals surface area contributed by atoms with Gasteiger partial charge >= 0.3 is 0 Å². The molecule has 110 valence electrons. The van der Waals surface area contributed by atoms with Crippen LogP contribution in [-0.4, -0.2) is 34.9 Å². The van der Waals surface area contributed by atoms with E-state index in [0.717, 1.165) is 44.5 Å². The maximum atomic E-state index is 12.5. The topological polar surface area (TPSA) is 45.2 Å². The van der Waals surface area contributed by atoms with E-state index in [1.807, 2.05) is 17.0 Å². The van der Waals surface area contributed by atoms with Crippen molar-refractivity contribution in [1.82, 2.24) is 9.88 Å². The van der Waals surface area contributed by atoms with Gasteiger partial charge in [0.15, 0.2) is 0 Å². The van der Waals surface area contributed by atoms with Crippen LogP contribution in [0.5, 0.6) is 0 Å². The minimum absolute atomic E-state index is 0.0820. The summed E-state index contributed by atoms with van der Waals surface area (Å²) >= 11 is 0. The lowest BCUT2D eigenvalue weighted by Crippen LogP contribution is -2.43. The molecule has 4 nitrogen and oxygen atoms in total. The third kappa shape index (κ3) is 3.50. The van der Waals surface area contributed by atoms with Crippen LogP contribution >= 0.6 is 0 Å². The van der Waals surface area contributed by atoms with E-state index in [4.69, 9.17) is 0 Å². The molecule has 2 heterocycles. The number of nitrogens with one attached hydrogen (secondary N) is 1. The van der Waals surface area contributed by atoms with Crippen LogP contribution in [0, 0.1) is 0 Å². The van der Waals surface area contributed by atoms with Gasteiger partial charge in [0, 0.05) is 19.1 Å². The number of carbonyl (C=O) groups is 1. The van der Waals surface area contributed by atoms with Crippen molar-refractivity contribution in [3.63, 3.8) is 0 Å². The van der Waals surface area contributed by atoms with Crippen molar-refractivity contribution in [2.24, 2.45) is 0 Å². The summed E-state index contributed by atoms with van der Waals surface area (Å²) in [6, 6.07) is 4.17. The predicted molar refractivity (Wildman–Crippen MR) is 82.0 cm³/mol. The van der Waals surface area contributed by atoms with Crippen molar-refractivity contribution in [1.29, 1.82) is 0 Å². The molecular formula is C16H25N3O. The van der Waals surface area contributed by atoms with Gasteiger partial charge in [-0.15, -0.1) is 0 Å². The van der Waals surface area contributed by atoms with Crippen LogP contribution in [0.15, 0.2) is 18.3 Å². The van der Waals surface area contributed by atoms with Crippen LogP contribution in [0.25, 0.3) is 0 Å². The fourth-order valence-corrected chi connectivity index (χ4v) is 2.73. The maximum Gasteiger partial charge on any atom is 0.272 e. The van der Waals surface area contributed by atoms with Crippen LogP contribution in [0.4, 0.5) is 5.69 Å². The Morgan fingerprint density at radius 1 is 1.40 bits per heavy atom. The second kappa shape index (κ2) is 7.27. The quantitative estimate of drug-likeness (QED) is 0.896. The molecule has 1 N–H and O–H groups in total. The third-order valence-electron chi connectivity index (χ3n) is 3.92. The van der Waals surface area contributed by atoms with Crippen molar-refractivity contribution in [3.8, 4) is 0 Å². The first-order valence-corrected chi connectivity index (χ1v) is 7.77. The molecule has 1 aliphatic heterocycles. The molecule has 0 spiro atoms. The summed E-state index contributed by atoms with van der Waals surface area (Å²) in [5.74, 6) is 0.0820. The predicted octanol–water partition coefficient (Wildman–Crippen LogP) is 3.31. The van der Waals surface area contributed by atoms with Crippen molar-refractivity contribution < 1.29 is 4.79 Å². The van der Waals surface area contributed by atoms with Crippen LogP contribution in [-0.2, 0) is 0 Å². The molecular weight excluding hydrogens is 250 g/mol. The minimum Gasteiger partial charge on any atom is -0.384 e. The van der Waals surface area contributed by atoms with Crippen LogP contribution in [0.2, 0.25) is 0 Å². The van der Waals surface area contributed by atoms with Crippen molar-refractivity contribution in [2.75, 3.05) is 18.4 Å². The highest BCUT2D eigenvalue weighted by Crippen LogP contribution is 2.21. The number of hydrogen-bond donors (Lipinski definition) is 1. The number of pyridine rings is 1. The summed E-state index contributed by atoms with van der Waals surface area (Å²) in [6.45, 7) is 6.08. The monoisotopic (exact) mass is 275 g/mol. The number of anilines is 1. The molecule has 1 aromatic heterocycles. The molecule has 0 aromatic carbocycles. The standard InChI is InChI=1S/C16H25N3O/c1-3-10-17-13-8-9-15(18-12-13)16(20)19-11-6-5-7-14(19)4-2/h8-9,12,14,17H,3-7,10-11H2,1-2H3. The second-order valence-electron chi connectivity index (χ2n) is 5.42. The Kier molecular flexibility index (Phi) is 5.39. The molecule has 1 saturated heterocycles. The molecule has 0 saturated carbocycles. The summed E-state index contributed by atoms with van der Waals surface area (Å²) in [5.41, 5.74) is 1.54. The Balaban J connectivity index is 2.04. The average Bonchev–Trinajstić information content (AvgIpc) is 2.52. The van der Waals surface area contributed by atoms with E-state index in [9.17, 15) is 4.79 Å². The summed E-state index contributed by atoms with van der Waals surface area (Å²) in [5, 5.41) is 3.27. The van der Waals surface area contributed by atoms with E-state index in [2.05, 4.69) is 24.1 Å². The minimum atomic E-state index is 0.0820. The number of carbonyl (C=O) groups excluding carboxylic acids is 1. The summed E-state index contributed by atoms with van der Waals surface area (Å²) in [7, 11) is 0. The average molecular weight is 275 g/mol. The van der Waals surface area contributed by atoms with Crippen LogP contribution in [0.1, 0.15) is 56.4 Å². The highest BCUT2D eigenvalue weighted by atomic mass is 16.2. The van der Waals surface area contributed by atoms with Crippen LogP contribution in [0.3, 0.4) is 0 Å². The molecule has 20 heavy (non-hydrogen) atoms. The zero-order valence-corrected chi connectivity index (χ0v) is 12.6. The number of aromatic nitrogens is 1. The van der Waals surface area contributed by atoms with Crippen molar-refractivity contribution in [3.05, 3.63) is 24.0 Å². The Bertz CT molecular complexity index is 430. The van der Waals surface area contributed by atoms with E-state index in [1.165, 1.54) is 6.42 Å². The normalized spacial score (nSPS) is 18.9. The molecule has 1 unspecified atom stereocenters. The van der Waals surface area contributed by atoms with Gasteiger partial charge in [-0.25, -0.2) is 4.98 Å². The zero-order valence-electron chi connectivity index (χ0n) is 12.6. The van der Waals surface area contributed by atoms with Crippen LogP contribution < -0.4 is 5.32 Å². The number of amides is 1. The number of nitrogens with zero attached hydrogens (tertiary/aromatic N) is 2. The fraction of sp³-hybridized carbons (Fsp3) is 0.625. The Morgan fingerprint density at radius 2 is 2.25 bits per heavy atom. The highest BCUT2D eigenvalue weighted by molar-refractivity contribution is 5.92. The van der Waals surface area contributed by atoms with E-state index >= 15 is 0 Å². The number of hydrogen-bond acceptors (Lipinski definition) is 3. The van der Waals surface area contributed by atoms with Gasteiger partial charge in [-0.05, 0) is 44.2 Å². The number of likely N-dealkylation sites (tertiary alicyclic amines) is 1. The number of piperidine rings is 1. The lowest BCUT2D eigenvalue weighted by atomic mass is 9.99. The van der Waals surface area contributed by atoms with E-state index in [0.29, 0.717) is 11.7 Å². The molecule has 4 heteroatoms. The molecule has 2 rings (SSSR count). The fourth-order valence-electron chi connectivity index (χ4n) is 2.73.